The second kappa shape index (κ2) is 10.7. The lowest BCUT2D eigenvalue weighted by Crippen LogP contribution is -2.41. The Balaban J connectivity index is 1.87. The van der Waals surface area contributed by atoms with E-state index in [0.29, 0.717) is 24.0 Å². The molecule has 1 aromatic rings. The van der Waals surface area contributed by atoms with Gasteiger partial charge in [0.05, 0.1) is 7.11 Å². The first-order chi connectivity index (χ1) is 12.6. The molecule has 146 valence electrons. The zero-order chi connectivity index (χ0) is 18.9. The molecule has 26 heavy (non-hydrogen) atoms. The van der Waals surface area contributed by atoms with Gasteiger partial charge in [0, 0.05) is 43.4 Å². The zero-order valence-corrected chi connectivity index (χ0v) is 17.0. The van der Waals surface area contributed by atoms with Crippen LogP contribution in [0.1, 0.15) is 31.7 Å². The number of benzene rings is 1. The summed E-state index contributed by atoms with van der Waals surface area (Å²) in [5.41, 5.74) is 0.925. The van der Waals surface area contributed by atoms with Crippen molar-refractivity contribution in [3.63, 3.8) is 0 Å². The highest BCUT2D eigenvalue weighted by Crippen LogP contribution is 2.31. The normalized spacial score (nSPS) is 20.7. The van der Waals surface area contributed by atoms with Gasteiger partial charge in [0.2, 0.25) is 5.91 Å². The summed E-state index contributed by atoms with van der Waals surface area (Å²) in [5.74, 6) is 3.08. The maximum absolute atomic E-state index is 12.1. The molecule has 2 unspecified atom stereocenters. The van der Waals surface area contributed by atoms with Crippen LogP contribution >= 0.6 is 11.8 Å². The maximum atomic E-state index is 12.1. The second-order valence-electron chi connectivity index (χ2n) is 6.99. The van der Waals surface area contributed by atoms with Crippen LogP contribution in [0.4, 0.5) is 0 Å². The number of rotatable bonds is 9. The Morgan fingerprint density at radius 1 is 1.42 bits per heavy atom. The van der Waals surface area contributed by atoms with Crippen LogP contribution in [0.25, 0.3) is 0 Å². The van der Waals surface area contributed by atoms with Crippen molar-refractivity contribution in [2.75, 3.05) is 38.8 Å². The number of phenolic OH excluding ortho intramolecular Hbond substituents is 1. The lowest BCUT2D eigenvalue weighted by molar-refractivity contribution is -0.122. The highest BCUT2D eigenvalue weighted by Gasteiger charge is 2.29. The summed E-state index contributed by atoms with van der Waals surface area (Å²) in [6, 6.07) is 5.48. The fraction of sp³-hybridized carbons (Fsp3) is 0.650. The quantitative estimate of drug-likeness (QED) is 0.645. The van der Waals surface area contributed by atoms with Crippen LogP contribution in [0.2, 0.25) is 0 Å². The number of nitrogens with one attached hydrogen (secondary N) is 1. The molecule has 1 amide bonds. The molecule has 2 rings (SSSR count). The van der Waals surface area contributed by atoms with Crippen molar-refractivity contribution in [2.45, 2.75) is 32.7 Å². The molecular formula is C20H32N2O3S. The van der Waals surface area contributed by atoms with E-state index in [0.717, 1.165) is 50.3 Å². The molecule has 5 nitrogen and oxygen atoms in total. The Morgan fingerprint density at radius 2 is 2.23 bits per heavy atom. The molecule has 6 heteroatoms. The van der Waals surface area contributed by atoms with E-state index in [1.165, 1.54) is 0 Å². The van der Waals surface area contributed by atoms with Gasteiger partial charge in [-0.25, -0.2) is 0 Å². The van der Waals surface area contributed by atoms with E-state index in [2.05, 4.69) is 23.4 Å². The van der Waals surface area contributed by atoms with E-state index in [9.17, 15) is 9.90 Å². The summed E-state index contributed by atoms with van der Waals surface area (Å²) in [6.45, 7) is 5.64. The van der Waals surface area contributed by atoms with Crippen molar-refractivity contribution < 1.29 is 14.6 Å². The van der Waals surface area contributed by atoms with E-state index in [1.807, 2.05) is 12.1 Å². The third kappa shape index (κ3) is 6.09. The summed E-state index contributed by atoms with van der Waals surface area (Å²) < 4.78 is 5.15. The number of hydrogen-bond acceptors (Lipinski definition) is 5. The van der Waals surface area contributed by atoms with Gasteiger partial charge in [-0.1, -0.05) is 19.4 Å². The first-order valence-electron chi connectivity index (χ1n) is 9.41. The maximum Gasteiger partial charge on any atom is 0.220 e. The van der Waals surface area contributed by atoms with Gasteiger partial charge in [-0.05, 0) is 37.1 Å². The number of aromatic hydroxyl groups is 1. The average Bonchev–Trinajstić information content (AvgIpc) is 2.64. The number of thioether (sulfide) groups is 1. The van der Waals surface area contributed by atoms with Crippen LogP contribution in [0.3, 0.4) is 0 Å². The summed E-state index contributed by atoms with van der Waals surface area (Å²) in [6.07, 6.45) is 4.79. The smallest absolute Gasteiger partial charge is 0.220 e. The molecule has 2 atom stereocenters. The van der Waals surface area contributed by atoms with Crippen molar-refractivity contribution in [3.05, 3.63) is 23.8 Å². The van der Waals surface area contributed by atoms with E-state index in [4.69, 9.17) is 4.74 Å². The van der Waals surface area contributed by atoms with Crippen molar-refractivity contribution in [1.82, 2.24) is 10.2 Å². The lowest BCUT2D eigenvalue weighted by atomic mass is 9.81. The molecule has 1 fully saturated rings. The van der Waals surface area contributed by atoms with Gasteiger partial charge in [-0.2, -0.15) is 11.8 Å². The number of phenols is 1. The van der Waals surface area contributed by atoms with E-state index >= 15 is 0 Å². The number of methoxy groups -OCH3 is 1. The van der Waals surface area contributed by atoms with Crippen LogP contribution in [0.5, 0.6) is 11.5 Å². The lowest BCUT2D eigenvalue weighted by Gasteiger charge is -2.38. The summed E-state index contributed by atoms with van der Waals surface area (Å²) in [5, 5.41) is 13.2. The predicted molar refractivity (Wildman–Crippen MR) is 108 cm³/mol. The van der Waals surface area contributed by atoms with Crippen molar-refractivity contribution in [1.29, 1.82) is 0 Å². The van der Waals surface area contributed by atoms with Crippen molar-refractivity contribution in [3.8, 4) is 11.5 Å². The zero-order valence-electron chi connectivity index (χ0n) is 16.2. The predicted octanol–water partition coefficient (Wildman–Crippen LogP) is 3.12. The van der Waals surface area contributed by atoms with Crippen LogP contribution in [-0.4, -0.2) is 54.7 Å². The fourth-order valence-electron chi connectivity index (χ4n) is 3.68. The van der Waals surface area contributed by atoms with E-state index in [1.54, 1.807) is 24.9 Å². The Labute approximate surface area is 161 Å². The summed E-state index contributed by atoms with van der Waals surface area (Å²) in [4.78, 5) is 14.5. The molecule has 0 radical (unpaired) electrons. The summed E-state index contributed by atoms with van der Waals surface area (Å²) >= 11 is 1.75. The van der Waals surface area contributed by atoms with Gasteiger partial charge in [-0.3, -0.25) is 9.69 Å². The Kier molecular flexibility index (Phi) is 8.59. The van der Waals surface area contributed by atoms with Crippen LogP contribution < -0.4 is 10.1 Å². The summed E-state index contributed by atoms with van der Waals surface area (Å²) in [7, 11) is 1.60. The molecule has 1 saturated heterocycles. The van der Waals surface area contributed by atoms with Crippen LogP contribution in [-0.2, 0) is 11.3 Å². The topological polar surface area (TPSA) is 61.8 Å². The second-order valence-corrected chi connectivity index (χ2v) is 7.98. The Hall–Kier alpha value is -1.40. The van der Waals surface area contributed by atoms with Gasteiger partial charge >= 0.3 is 0 Å². The van der Waals surface area contributed by atoms with Gasteiger partial charge in [0.15, 0.2) is 0 Å². The number of ether oxygens (including phenoxy) is 1. The van der Waals surface area contributed by atoms with Gasteiger partial charge in [-0.15, -0.1) is 0 Å². The minimum absolute atomic E-state index is 0.184. The number of carbonyl (C=O) groups is 1. The number of nitrogens with zero attached hydrogens (tertiary/aromatic N) is 1. The number of piperidine rings is 1. The third-order valence-corrected chi connectivity index (χ3v) is 5.87. The standard InChI is InChI=1S/C20H32N2O3S/c1-4-15-13-22(14-17-5-6-18(25-2)12-19(17)23)9-7-16(15)11-20(24)21-8-10-26-3/h5-6,12,15-16,23H,4,7-11,13-14H2,1-3H3,(H,21,24). The molecule has 1 aromatic carbocycles. The minimum atomic E-state index is 0.184. The fourth-order valence-corrected chi connectivity index (χ4v) is 3.99. The highest BCUT2D eigenvalue weighted by atomic mass is 32.2. The largest absolute Gasteiger partial charge is 0.507 e. The van der Waals surface area contributed by atoms with Crippen molar-refractivity contribution >= 4 is 17.7 Å². The van der Waals surface area contributed by atoms with Crippen molar-refractivity contribution in [2.24, 2.45) is 11.8 Å². The molecule has 1 aliphatic heterocycles. The SMILES string of the molecule is CCC1CN(Cc2ccc(OC)cc2O)CCC1CC(=O)NCCSC. The first kappa shape index (κ1) is 20.9. The minimum Gasteiger partial charge on any atom is -0.507 e. The number of hydrogen-bond donors (Lipinski definition) is 2. The third-order valence-electron chi connectivity index (χ3n) is 5.26. The number of likely N-dealkylation sites (tertiary alicyclic amines) is 1. The van der Waals surface area contributed by atoms with Gasteiger partial charge in [0.1, 0.15) is 11.5 Å². The molecule has 1 aliphatic rings. The van der Waals surface area contributed by atoms with Crippen LogP contribution in [0, 0.1) is 11.8 Å². The molecule has 1 heterocycles. The molecule has 0 saturated carbocycles. The number of carbonyl (C=O) groups excluding carboxylic acids is 1. The highest BCUT2D eigenvalue weighted by molar-refractivity contribution is 7.98. The average molecular weight is 381 g/mol. The Bertz CT molecular complexity index is 582. The Morgan fingerprint density at radius 3 is 2.88 bits per heavy atom. The molecule has 0 aliphatic carbocycles. The molecular weight excluding hydrogens is 348 g/mol. The van der Waals surface area contributed by atoms with Crippen LogP contribution in [0.15, 0.2) is 18.2 Å². The molecule has 2 N–H and O–H groups in total. The monoisotopic (exact) mass is 380 g/mol. The molecule has 0 aromatic heterocycles. The number of amides is 1. The van der Waals surface area contributed by atoms with Gasteiger partial charge in [0.25, 0.3) is 0 Å². The molecule has 0 bridgehead atoms. The van der Waals surface area contributed by atoms with E-state index in [-0.39, 0.29) is 11.7 Å². The van der Waals surface area contributed by atoms with Gasteiger partial charge < -0.3 is 15.2 Å². The molecule has 0 spiro atoms. The first-order valence-corrected chi connectivity index (χ1v) is 10.8. The van der Waals surface area contributed by atoms with E-state index < -0.39 is 0 Å².